The molecular weight excluding hydrogens is 921 g/mol. The number of aromatic nitrogens is 8. The third kappa shape index (κ3) is 11.5. The van der Waals surface area contributed by atoms with Crippen molar-refractivity contribution in [2.24, 2.45) is 0 Å². The van der Waals surface area contributed by atoms with Gasteiger partial charge in [0.05, 0.1) is 35.2 Å². The molecule has 0 radical (unpaired) electrons. The number of anilines is 4. The Kier molecular flexibility index (Phi) is 15.5. The number of likely N-dealkylation sites (tertiary alicyclic amines) is 2. The van der Waals surface area contributed by atoms with Crippen molar-refractivity contribution in [3.05, 3.63) is 69.1 Å². The maximum absolute atomic E-state index is 9.19. The number of hydrogen-bond donors (Lipinski definition) is 1. The first-order chi connectivity index (χ1) is 27.5. The summed E-state index contributed by atoms with van der Waals surface area (Å²) in [4.78, 5) is 25.5. The number of nitrogens with zero attached hydrogens (tertiary/aromatic N) is 12. The van der Waals surface area contributed by atoms with Crippen LogP contribution in [0.15, 0.2) is 36.9 Å². The van der Waals surface area contributed by atoms with Crippen molar-refractivity contribution in [2.75, 3.05) is 49.7 Å². The molecule has 2 aliphatic heterocycles. The lowest BCUT2D eigenvalue weighted by Crippen LogP contribution is -2.29. The molecule has 6 aromatic heterocycles. The van der Waals surface area contributed by atoms with E-state index in [4.69, 9.17) is 14.1 Å². The van der Waals surface area contributed by atoms with Crippen LogP contribution in [0, 0.1) is 28.9 Å². The van der Waals surface area contributed by atoms with Crippen LogP contribution < -0.4 is 10.2 Å². The summed E-state index contributed by atoms with van der Waals surface area (Å²) in [6, 6.07) is 7.57. The Bertz CT molecular complexity index is 2300. The molecule has 0 aromatic carbocycles. The number of rotatable bonds is 13. The van der Waals surface area contributed by atoms with Gasteiger partial charge in [-0.05, 0) is 130 Å². The first-order valence-corrected chi connectivity index (χ1v) is 26.1. The maximum atomic E-state index is 9.19. The average molecular weight is 975 g/mol. The lowest BCUT2D eigenvalue weighted by molar-refractivity contribution is 0.153. The quantitative estimate of drug-likeness (QED) is 0.0511. The Hall–Kier alpha value is -3.29. The molecule has 0 saturated carbocycles. The molecule has 58 heavy (non-hydrogen) atoms. The van der Waals surface area contributed by atoms with Gasteiger partial charge in [0.25, 0.3) is 0 Å². The molecule has 0 spiro atoms. The highest BCUT2D eigenvalue weighted by Gasteiger charge is 2.22. The van der Waals surface area contributed by atoms with E-state index in [-0.39, 0.29) is 12.4 Å². The molecule has 14 nitrogen and oxygen atoms in total. The number of hydrogen-bond acceptors (Lipinski definition) is 14. The summed E-state index contributed by atoms with van der Waals surface area (Å²) in [5.74, 6) is 1.48. The third-order valence-corrected chi connectivity index (χ3v) is 14.1. The van der Waals surface area contributed by atoms with Crippen LogP contribution in [-0.2, 0) is 17.8 Å². The molecule has 2 saturated heterocycles. The second-order valence-corrected chi connectivity index (χ2v) is 24.4. The summed E-state index contributed by atoms with van der Waals surface area (Å²) in [6.45, 7) is 18.7. The lowest BCUT2D eigenvalue weighted by Gasteiger charge is -2.25. The zero-order valence-electron chi connectivity index (χ0n) is 33.9. The Labute approximate surface area is 370 Å². The number of piperidine rings is 2. The molecule has 2 fully saturated rings. The summed E-state index contributed by atoms with van der Waals surface area (Å²) < 4.78 is 20.5. The average Bonchev–Trinajstić information content (AvgIpc) is 4.00. The minimum atomic E-state index is -1.15. The van der Waals surface area contributed by atoms with Crippen LogP contribution in [0.2, 0.25) is 25.7 Å². The Morgan fingerprint density at radius 2 is 1.47 bits per heavy atom. The monoisotopic (exact) mass is 973 g/mol. The molecule has 0 unspecified atom stereocenters. The second kappa shape index (κ2) is 20.3. The van der Waals surface area contributed by atoms with Crippen LogP contribution in [-0.4, -0.2) is 94.9 Å². The molecule has 0 aliphatic carbocycles. The maximum Gasteiger partial charge on any atom is 0.181 e. The van der Waals surface area contributed by atoms with Crippen LogP contribution in [0.3, 0.4) is 0 Å². The molecule has 2 aliphatic rings. The third-order valence-electron chi connectivity index (χ3n) is 10.0. The smallest absolute Gasteiger partial charge is 0.181 e. The summed E-state index contributed by atoms with van der Waals surface area (Å²) in [5, 5.41) is 14.5. The van der Waals surface area contributed by atoms with E-state index in [0.717, 1.165) is 86.8 Å². The van der Waals surface area contributed by atoms with E-state index in [1.54, 1.807) is 10.6 Å². The first kappa shape index (κ1) is 44.3. The summed E-state index contributed by atoms with van der Waals surface area (Å²) >= 11 is 5.27. The fourth-order valence-corrected chi connectivity index (χ4v) is 9.71. The van der Waals surface area contributed by atoms with Gasteiger partial charge in [0.15, 0.2) is 22.9 Å². The molecule has 0 amide bonds. The van der Waals surface area contributed by atoms with E-state index < -0.39 is 8.07 Å². The number of nitrogens with one attached hydrogen (secondary N) is 1. The number of imidazole rings is 2. The molecule has 0 bridgehead atoms. The van der Waals surface area contributed by atoms with Gasteiger partial charge in [0.2, 0.25) is 0 Å². The van der Waals surface area contributed by atoms with Crippen molar-refractivity contribution in [3.8, 4) is 6.07 Å². The molecule has 6 aromatic rings. The lowest BCUT2D eigenvalue weighted by atomic mass is 10.1. The van der Waals surface area contributed by atoms with Crippen LogP contribution in [0.25, 0.3) is 11.3 Å². The van der Waals surface area contributed by atoms with E-state index >= 15 is 0 Å². The van der Waals surface area contributed by atoms with Crippen LogP contribution in [0.1, 0.15) is 67.0 Å². The second-order valence-electron chi connectivity index (χ2n) is 16.1. The molecule has 1 N–H and O–H groups in total. The van der Waals surface area contributed by atoms with Gasteiger partial charge in [-0.25, -0.2) is 19.9 Å². The summed E-state index contributed by atoms with van der Waals surface area (Å²) in [7, 11) is -1.15. The van der Waals surface area contributed by atoms with E-state index in [9.17, 15) is 5.26 Å². The van der Waals surface area contributed by atoms with Crippen molar-refractivity contribution in [2.45, 2.75) is 91.1 Å². The zero-order valence-corrected chi connectivity index (χ0v) is 39.6. The predicted molar refractivity (Wildman–Crippen MR) is 247 cm³/mol. The van der Waals surface area contributed by atoms with E-state index in [1.807, 2.05) is 32.4 Å². The Morgan fingerprint density at radius 1 is 0.845 bits per heavy atom. The van der Waals surface area contributed by atoms with Gasteiger partial charge >= 0.3 is 0 Å². The standard InChI is InChI=1S/C22H33IN6OSSi.C17H19N7S.ClH/c1-17-14-28-19(23)13-24-21(28)22(25-17)29(16-30-10-11-32(2,3)4)20-12-18(26-31-20)15-27-8-6-5-7-9-27;1-12-10-24-14(8-18)9-19-17(24)16(20-12)21-15-7-13(22-25-15)11-23-5-3-2-4-6-23;/h12-14H,5-11,15-16H2,1-4H3;7,9-10H,2-6,11H2,1H3,(H,20,21);1H. The highest BCUT2D eigenvalue weighted by Crippen LogP contribution is 2.33. The number of fused-ring (bicyclic) bond motifs is 2. The van der Waals surface area contributed by atoms with Crippen molar-refractivity contribution >= 4 is 99.1 Å². The fourth-order valence-electron chi connectivity index (χ4n) is 7.04. The van der Waals surface area contributed by atoms with Gasteiger partial charge in [-0.1, -0.05) is 32.5 Å². The van der Waals surface area contributed by atoms with E-state index in [1.165, 1.54) is 74.7 Å². The molecular formula is C39H53ClIN13OS2Si. The first-order valence-electron chi connectivity index (χ1n) is 19.8. The number of ether oxygens (including phenoxy) is 1. The van der Waals surface area contributed by atoms with Crippen LogP contribution in [0.5, 0.6) is 0 Å². The highest BCUT2D eigenvalue weighted by molar-refractivity contribution is 14.1. The topological polar surface area (TPSA) is 141 Å². The van der Waals surface area contributed by atoms with Crippen molar-refractivity contribution < 1.29 is 4.74 Å². The summed E-state index contributed by atoms with van der Waals surface area (Å²) in [5.41, 5.74) is 5.97. The van der Waals surface area contributed by atoms with Crippen LogP contribution >= 0.6 is 58.1 Å². The van der Waals surface area contributed by atoms with Gasteiger partial charge in [-0.2, -0.15) is 14.0 Å². The number of nitriles is 1. The number of halogens is 2. The van der Waals surface area contributed by atoms with Crippen LogP contribution in [0.4, 0.5) is 21.6 Å². The molecule has 310 valence electrons. The molecule has 8 heterocycles. The fraction of sp³-hybridized carbons (Fsp3) is 0.513. The SMILES string of the molecule is Cc1cn2c(C#N)cnc2c(Nc2cc(CN3CCCCC3)ns2)n1.Cc1cn2c(I)cnc2c(N(COCC[Si](C)(C)C)c2cc(CN3CCCCC3)ns2)n1.Cl. The molecule has 8 rings (SSSR count). The molecule has 19 heteroatoms. The van der Waals surface area contributed by atoms with Gasteiger partial charge < -0.3 is 10.1 Å². The van der Waals surface area contributed by atoms with Crippen molar-refractivity contribution in [1.29, 1.82) is 5.26 Å². The largest absolute Gasteiger partial charge is 0.361 e. The van der Waals surface area contributed by atoms with Gasteiger partial charge in [0.1, 0.15) is 32.2 Å². The van der Waals surface area contributed by atoms with Gasteiger partial charge in [-0.15, -0.1) is 12.4 Å². The van der Waals surface area contributed by atoms with Crippen molar-refractivity contribution in [1.82, 2.24) is 47.3 Å². The van der Waals surface area contributed by atoms with E-state index in [2.05, 4.69) is 104 Å². The highest BCUT2D eigenvalue weighted by atomic mass is 127. The Morgan fingerprint density at radius 3 is 2.14 bits per heavy atom. The normalized spacial score (nSPS) is 15.2. The minimum absolute atomic E-state index is 0. The van der Waals surface area contributed by atoms with Gasteiger partial charge in [0, 0.05) is 40.2 Å². The van der Waals surface area contributed by atoms with Crippen molar-refractivity contribution in [3.63, 3.8) is 0 Å². The number of aryl methyl sites for hydroxylation is 2. The summed E-state index contributed by atoms with van der Waals surface area (Å²) in [6.07, 6.45) is 15.1. The van der Waals surface area contributed by atoms with E-state index in [0.29, 0.717) is 23.9 Å². The predicted octanol–water partition coefficient (Wildman–Crippen LogP) is 9.05. The Balaban J connectivity index is 0.000000198. The zero-order chi connectivity index (χ0) is 39.9. The van der Waals surface area contributed by atoms with Gasteiger partial charge in [-0.3, -0.25) is 23.5 Å². The minimum Gasteiger partial charge on any atom is -0.361 e. The molecule has 0 atom stereocenters.